The second kappa shape index (κ2) is 12.8. The highest BCUT2D eigenvalue weighted by molar-refractivity contribution is 7.13. The molecule has 272 valence electrons. The van der Waals surface area contributed by atoms with Gasteiger partial charge in [-0.05, 0) is 95.3 Å². The van der Waals surface area contributed by atoms with E-state index in [0.717, 1.165) is 0 Å². The van der Waals surface area contributed by atoms with E-state index in [0.29, 0.717) is 0 Å². The zero-order valence-corrected chi connectivity index (χ0v) is 36.9. The third-order valence-electron chi connectivity index (χ3n) is 11.5. The lowest BCUT2D eigenvalue weighted by molar-refractivity contribution is 0.569. The molecule has 1 atom stereocenters. The Morgan fingerprint density at radius 1 is 0.360 bits per heavy atom. The zero-order chi connectivity index (χ0) is 38.2. The minimum atomic E-state index is -2.90. The first-order valence-corrected chi connectivity index (χ1v) is 21.3. The molecule has 0 aromatic heterocycles. The number of hydrogen-bond acceptors (Lipinski definition) is 0. The predicted molar refractivity (Wildman–Crippen MR) is 227 cm³/mol. The molecular weight excluding hydrogens is 617 g/mol. The fourth-order valence-electron chi connectivity index (χ4n) is 7.43. The zero-order valence-electron chi connectivity index (χ0n) is 35.9. The van der Waals surface area contributed by atoms with Gasteiger partial charge in [-0.2, -0.15) is 0 Å². The van der Waals surface area contributed by atoms with Crippen LogP contribution in [0.4, 0.5) is 0 Å². The van der Waals surface area contributed by atoms with E-state index < -0.39 is 8.07 Å². The largest absolute Gasteiger partial charge is 0.159 e. The molecule has 4 rings (SSSR count). The molecule has 0 aliphatic heterocycles. The lowest BCUT2D eigenvalue weighted by Gasteiger charge is -2.43. The first-order valence-electron chi connectivity index (χ1n) is 19.2. The Kier molecular flexibility index (Phi) is 10.3. The molecule has 1 aliphatic rings. The van der Waals surface area contributed by atoms with Crippen molar-refractivity contribution in [1.29, 1.82) is 0 Å². The first-order chi connectivity index (χ1) is 22.4. The summed E-state index contributed by atoms with van der Waals surface area (Å²) in [7, 11) is -2.90. The molecule has 0 fully saturated rings. The van der Waals surface area contributed by atoms with Gasteiger partial charge in [-0.25, -0.2) is 0 Å². The van der Waals surface area contributed by atoms with Crippen molar-refractivity contribution < 1.29 is 0 Å². The van der Waals surface area contributed by atoms with E-state index >= 15 is 0 Å². The van der Waals surface area contributed by atoms with Gasteiger partial charge in [-0.3, -0.25) is 0 Å². The quantitative estimate of drug-likeness (QED) is 0.189. The summed E-state index contributed by atoms with van der Waals surface area (Å²) < 4.78 is 0. The molecule has 3 aromatic carbocycles. The molecule has 1 aliphatic carbocycles. The van der Waals surface area contributed by atoms with Gasteiger partial charge >= 0.3 is 0 Å². The average molecular weight is 689 g/mol. The molecule has 0 amide bonds. The number of hydrogen-bond donors (Lipinski definition) is 0. The fraction of sp³-hybridized carbons (Fsp3) is 0.551. The second-order valence-electron chi connectivity index (χ2n) is 21.9. The van der Waals surface area contributed by atoms with Gasteiger partial charge in [0.05, 0.1) is 0 Å². The van der Waals surface area contributed by atoms with Crippen LogP contribution >= 0.6 is 0 Å². The SMILES string of the molecule is CC1=C(C)C([Si](c2cc(C(C)(C)C)cc(C(C)(C)C)c2)(c2cc(C(C)(C)C)cc(C(C)(C)C)c2)c2cc(C(C)(C)C)cc(C(C)(C)C)c2)C=C1. The lowest BCUT2D eigenvalue weighted by Crippen LogP contribution is -2.70. The van der Waals surface area contributed by atoms with Crippen LogP contribution in [0, 0.1) is 0 Å². The van der Waals surface area contributed by atoms with Crippen molar-refractivity contribution in [2.45, 2.75) is 177 Å². The summed E-state index contributed by atoms with van der Waals surface area (Å²) in [5.74, 6) is 0. The summed E-state index contributed by atoms with van der Waals surface area (Å²) in [5.41, 5.74) is 11.9. The van der Waals surface area contributed by atoms with Gasteiger partial charge in [0.1, 0.15) is 0 Å². The van der Waals surface area contributed by atoms with E-state index in [-0.39, 0.29) is 38.0 Å². The summed E-state index contributed by atoms with van der Waals surface area (Å²) in [6, 6.07) is 23.4. The van der Waals surface area contributed by atoms with Crippen LogP contribution in [0.2, 0.25) is 5.54 Å². The molecule has 0 nitrogen and oxygen atoms in total. The van der Waals surface area contributed by atoms with Crippen LogP contribution in [-0.2, 0) is 32.5 Å². The van der Waals surface area contributed by atoms with Gasteiger partial charge in [-0.15, -0.1) is 0 Å². The van der Waals surface area contributed by atoms with Gasteiger partial charge in [0, 0.05) is 5.54 Å². The molecule has 0 heterocycles. The van der Waals surface area contributed by atoms with Crippen LogP contribution in [0.25, 0.3) is 0 Å². The molecule has 0 bridgehead atoms. The fourth-order valence-corrected chi connectivity index (χ4v) is 13.1. The normalized spacial score (nSPS) is 16.8. The summed E-state index contributed by atoms with van der Waals surface area (Å²) in [4.78, 5) is 0. The molecule has 0 spiro atoms. The van der Waals surface area contributed by atoms with E-state index in [2.05, 4.69) is 205 Å². The lowest BCUT2D eigenvalue weighted by atomic mass is 9.80. The van der Waals surface area contributed by atoms with Gasteiger partial charge in [0.15, 0.2) is 8.07 Å². The predicted octanol–water partition coefficient (Wildman–Crippen LogP) is 12.2. The first kappa shape index (κ1) is 40.1. The van der Waals surface area contributed by atoms with E-state index in [4.69, 9.17) is 0 Å². The third kappa shape index (κ3) is 7.89. The summed E-state index contributed by atoms with van der Waals surface area (Å²) in [5, 5.41) is 4.61. The maximum Gasteiger partial charge on any atom is 0.159 e. The maximum atomic E-state index is 2.65. The van der Waals surface area contributed by atoms with Gasteiger partial charge < -0.3 is 0 Å². The van der Waals surface area contributed by atoms with Crippen LogP contribution < -0.4 is 15.6 Å². The van der Waals surface area contributed by atoms with Crippen molar-refractivity contribution in [3.8, 4) is 0 Å². The highest BCUT2D eigenvalue weighted by Crippen LogP contribution is 2.42. The Bertz CT molecular complexity index is 1520. The molecule has 3 aromatic rings. The highest BCUT2D eigenvalue weighted by atomic mass is 28.3. The molecule has 0 saturated heterocycles. The summed E-state index contributed by atoms with van der Waals surface area (Å²) >= 11 is 0. The topological polar surface area (TPSA) is 0 Å². The minimum Gasteiger partial charge on any atom is -0.0788 e. The maximum absolute atomic E-state index is 2.90. The van der Waals surface area contributed by atoms with Crippen LogP contribution in [0.5, 0.6) is 0 Å². The monoisotopic (exact) mass is 689 g/mol. The molecular formula is C49H72Si. The van der Waals surface area contributed by atoms with E-state index in [1.54, 1.807) is 0 Å². The Morgan fingerprint density at radius 3 is 0.740 bits per heavy atom. The van der Waals surface area contributed by atoms with Crippen molar-refractivity contribution in [3.63, 3.8) is 0 Å². The Labute approximate surface area is 310 Å². The Balaban J connectivity index is 2.46. The van der Waals surface area contributed by atoms with Crippen molar-refractivity contribution >= 4 is 23.6 Å². The number of benzene rings is 3. The Hall–Kier alpha value is -2.64. The molecule has 1 unspecified atom stereocenters. The number of allylic oxidation sites excluding steroid dienone is 4. The molecule has 0 saturated carbocycles. The van der Waals surface area contributed by atoms with Crippen LogP contribution in [0.1, 0.15) is 172 Å². The van der Waals surface area contributed by atoms with Crippen LogP contribution in [0.3, 0.4) is 0 Å². The van der Waals surface area contributed by atoms with Crippen LogP contribution in [-0.4, -0.2) is 8.07 Å². The molecule has 0 radical (unpaired) electrons. The molecule has 1 heteroatoms. The standard InChI is InChI=1S/C49H72Si/c1-32-21-22-43(33(32)2)50(40-26-34(44(3,4)5)23-35(27-40)45(6,7)8,41-28-36(46(9,10)11)24-37(29-41)47(12,13)14)42-30-38(48(15,16)17)25-39(31-42)49(18,19)20/h21-31,43H,1-20H3. The van der Waals surface area contributed by atoms with E-state index in [9.17, 15) is 0 Å². The van der Waals surface area contributed by atoms with Gasteiger partial charge in [-0.1, -0.05) is 203 Å². The van der Waals surface area contributed by atoms with Crippen molar-refractivity contribution in [2.24, 2.45) is 0 Å². The van der Waals surface area contributed by atoms with Crippen molar-refractivity contribution in [2.75, 3.05) is 0 Å². The van der Waals surface area contributed by atoms with Crippen molar-refractivity contribution in [3.05, 3.63) is 111 Å². The van der Waals surface area contributed by atoms with Gasteiger partial charge in [0.25, 0.3) is 0 Å². The molecule has 0 N–H and O–H groups in total. The minimum absolute atomic E-state index is 0.0100. The van der Waals surface area contributed by atoms with Gasteiger partial charge in [0.2, 0.25) is 0 Å². The van der Waals surface area contributed by atoms with E-state index in [1.165, 1.54) is 60.1 Å². The van der Waals surface area contributed by atoms with E-state index in [1.807, 2.05) is 0 Å². The molecule has 50 heavy (non-hydrogen) atoms. The smallest absolute Gasteiger partial charge is 0.0788 e. The Morgan fingerprint density at radius 2 is 0.580 bits per heavy atom. The summed E-state index contributed by atoms with van der Waals surface area (Å²) in [6.07, 6.45) is 5.02. The summed E-state index contributed by atoms with van der Waals surface area (Å²) in [6.45, 7) is 47.8. The average Bonchev–Trinajstić information content (AvgIpc) is 3.28. The van der Waals surface area contributed by atoms with Crippen LogP contribution in [0.15, 0.2) is 77.9 Å². The van der Waals surface area contributed by atoms with Crippen molar-refractivity contribution in [1.82, 2.24) is 0 Å². The highest BCUT2D eigenvalue weighted by Gasteiger charge is 2.49. The number of rotatable bonds is 4. The second-order valence-corrected chi connectivity index (χ2v) is 25.9. The third-order valence-corrected chi connectivity index (χ3v) is 16.6.